The lowest BCUT2D eigenvalue weighted by Gasteiger charge is -2.16. The summed E-state index contributed by atoms with van der Waals surface area (Å²) in [5.41, 5.74) is 1.52. The van der Waals surface area contributed by atoms with Crippen LogP contribution in [0.2, 0.25) is 0 Å². The zero-order valence-corrected chi connectivity index (χ0v) is 15.8. The maximum atomic E-state index is 12.5. The molecule has 2 amide bonds. The molecule has 1 unspecified atom stereocenters. The van der Waals surface area contributed by atoms with Gasteiger partial charge in [-0.25, -0.2) is 18.7 Å². The van der Waals surface area contributed by atoms with Crippen LogP contribution in [0.25, 0.3) is 0 Å². The summed E-state index contributed by atoms with van der Waals surface area (Å²) >= 11 is 0. The van der Waals surface area contributed by atoms with Crippen LogP contribution in [0, 0.1) is 6.92 Å². The molecule has 1 atom stereocenters. The summed E-state index contributed by atoms with van der Waals surface area (Å²) in [5, 5.41) is 5.49. The second-order valence-electron chi connectivity index (χ2n) is 6.12. The summed E-state index contributed by atoms with van der Waals surface area (Å²) in [6.45, 7) is 4.40. The van der Waals surface area contributed by atoms with E-state index in [1.54, 1.807) is 39.1 Å². The number of alkyl halides is 2. The number of rotatable bonds is 8. The molecule has 2 aromatic rings. The number of nitrogens with zero attached hydrogens (tertiary/aromatic N) is 2. The molecule has 0 aliphatic rings. The van der Waals surface area contributed by atoms with Crippen molar-refractivity contribution in [1.82, 2.24) is 15.3 Å². The van der Waals surface area contributed by atoms with Crippen LogP contribution in [-0.2, 0) is 4.79 Å². The molecule has 2 N–H and O–H groups in total. The molecule has 2 heterocycles. The minimum atomic E-state index is -2.60. The van der Waals surface area contributed by atoms with E-state index in [2.05, 4.69) is 20.6 Å². The van der Waals surface area contributed by atoms with Crippen LogP contribution in [0.5, 0.6) is 5.88 Å². The maximum absolute atomic E-state index is 12.5. The van der Waals surface area contributed by atoms with Gasteiger partial charge < -0.3 is 15.4 Å². The summed E-state index contributed by atoms with van der Waals surface area (Å²) in [7, 11) is 0. The Bertz CT molecular complexity index is 846. The van der Waals surface area contributed by atoms with Crippen LogP contribution in [0.3, 0.4) is 0 Å². The van der Waals surface area contributed by atoms with Gasteiger partial charge in [-0.3, -0.25) is 9.59 Å². The van der Waals surface area contributed by atoms with Crippen molar-refractivity contribution in [3.8, 4) is 5.88 Å². The van der Waals surface area contributed by atoms with E-state index in [0.717, 1.165) is 5.56 Å². The van der Waals surface area contributed by atoms with Gasteiger partial charge in [0.1, 0.15) is 5.82 Å². The topological polar surface area (TPSA) is 93.2 Å². The van der Waals surface area contributed by atoms with Crippen molar-refractivity contribution in [2.75, 3.05) is 11.9 Å². The average Bonchev–Trinajstić information content (AvgIpc) is 2.66. The average molecular weight is 392 g/mol. The predicted octanol–water partition coefficient (Wildman–Crippen LogP) is 3.27. The first-order valence-electron chi connectivity index (χ1n) is 8.74. The number of amides is 2. The van der Waals surface area contributed by atoms with Gasteiger partial charge in [0, 0.05) is 24.4 Å². The summed E-state index contributed by atoms with van der Waals surface area (Å²) in [4.78, 5) is 32.0. The monoisotopic (exact) mass is 392 g/mol. The Labute approximate surface area is 161 Å². The van der Waals surface area contributed by atoms with E-state index in [0.29, 0.717) is 17.8 Å². The molecule has 2 aromatic heterocycles. The molecule has 2 rings (SSSR count). The van der Waals surface area contributed by atoms with Crippen molar-refractivity contribution in [2.45, 2.75) is 39.7 Å². The number of pyridine rings is 2. The number of carbonyl (C=O) groups excluding carboxylic acids is 2. The molecule has 0 aliphatic carbocycles. The SMILES string of the molecule is CCC(=O)Nc1cc(C(C)NC(=O)c2cnc(OCC(F)F)c(C)c2)ccn1. The molecular weight excluding hydrogens is 370 g/mol. The van der Waals surface area contributed by atoms with E-state index in [1.807, 2.05) is 0 Å². The van der Waals surface area contributed by atoms with Crippen molar-refractivity contribution >= 4 is 17.6 Å². The van der Waals surface area contributed by atoms with Gasteiger partial charge in [0.05, 0.1) is 11.6 Å². The molecule has 150 valence electrons. The molecule has 7 nitrogen and oxygen atoms in total. The fourth-order valence-corrected chi connectivity index (χ4v) is 2.36. The molecule has 0 radical (unpaired) electrons. The number of hydrogen-bond acceptors (Lipinski definition) is 5. The Morgan fingerprint density at radius 1 is 1.25 bits per heavy atom. The summed E-state index contributed by atoms with van der Waals surface area (Å²) in [6, 6.07) is 4.58. The summed E-state index contributed by atoms with van der Waals surface area (Å²) < 4.78 is 29.4. The van der Waals surface area contributed by atoms with Crippen molar-refractivity contribution in [1.29, 1.82) is 0 Å². The van der Waals surface area contributed by atoms with Gasteiger partial charge in [-0.05, 0) is 37.6 Å². The number of anilines is 1. The zero-order valence-electron chi connectivity index (χ0n) is 15.8. The number of aryl methyl sites for hydroxylation is 1. The fraction of sp³-hybridized carbons (Fsp3) is 0.368. The van der Waals surface area contributed by atoms with Crippen LogP contribution < -0.4 is 15.4 Å². The first-order chi connectivity index (χ1) is 13.3. The van der Waals surface area contributed by atoms with Gasteiger partial charge >= 0.3 is 0 Å². The Hall–Kier alpha value is -3.10. The number of ether oxygens (including phenoxy) is 1. The van der Waals surface area contributed by atoms with E-state index in [9.17, 15) is 18.4 Å². The van der Waals surface area contributed by atoms with Gasteiger partial charge in [-0.2, -0.15) is 0 Å². The molecule has 0 aliphatic heterocycles. The van der Waals surface area contributed by atoms with Gasteiger partial charge in [0.2, 0.25) is 11.8 Å². The first-order valence-corrected chi connectivity index (χ1v) is 8.74. The van der Waals surface area contributed by atoms with Crippen LogP contribution in [-0.4, -0.2) is 34.8 Å². The standard InChI is InChI=1S/C19H22F2N4O3/c1-4-17(26)25-16-8-13(5-6-22-16)12(3)24-18(27)14-7-11(2)19(23-9-14)28-10-15(20)21/h5-9,12,15H,4,10H2,1-3H3,(H,24,27)(H,22,25,26). The minimum absolute atomic E-state index is 0.0651. The van der Waals surface area contributed by atoms with E-state index in [1.165, 1.54) is 12.3 Å². The predicted molar refractivity (Wildman–Crippen MR) is 99.5 cm³/mol. The highest BCUT2D eigenvalue weighted by Gasteiger charge is 2.15. The van der Waals surface area contributed by atoms with E-state index in [-0.39, 0.29) is 29.3 Å². The molecule has 28 heavy (non-hydrogen) atoms. The number of carbonyl (C=O) groups is 2. The lowest BCUT2D eigenvalue weighted by atomic mass is 10.1. The summed E-state index contributed by atoms with van der Waals surface area (Å²) in [6.07, 6.45) is 0.554. The van der Waals surface area contributed by atoms with Crippen molar-refractivity contribution in [3.05, 3.63) is 47.3 Å². The van der Waals surface area contributed by atoms with Gasteiger partial charge in [-0.15, -0.1) is 0 Å². The highest BCUT2D eigenvalue weighted by Crippen LogP contribution is 2.19. The number of halogens is 2. The Kier molecular flexibility index (Phi) is 7.36. The second-order valence-corrected chi connectivity index (χ2v) is 6.12. The van der Waals surface area contributed by atoms with Gasteiger partial charge in [0.15, 0.2) is 6.61 Å². The normalized spacial score (nSPS) is 11.8. The lowest BCUT2D eigenvalue weighted by molar-refractivity contribution is -0.115. The van der Waals surface area contributed by atoms with Crippen LogP contribution in [0.15, 0.2) is 30.6 Å². The van der Waals surface area contributed by atoms with Crippen molar-refractivity contribution < 1.29 is 23.1 Å². The molecule has 0 aromatic carbocycles. The van der Waals surface area contributed by atoms with Crippen LogP contribution in [0.1, 0.15) is 47.8 Å². The second kappa shape index (κ2) is 9.72. The molecule has 0 bridgehead atoms. The third-order valence-corrected chi connectivity index (χ3v) is 3.86. The third-order valence-electron chi connectivity index (χ3n) is 3.86. The van der Waals surface area contributed by atoms with Gasteiger partial charge in [0.25, 0.3) is 12.3 Å². The zero-order chi connectivity index (χ0) is 20.7. The van der Waals surface area contributed by atoms with Crippen LogP contribution >= 0.6 is 0 Å². The largest absolute Gasteiger partial charge is 0.471 e. The van der Waals surface area contributed by atoms with E-state index in [4.69, 9.17) is 4.74 Å². The van der Waals surface area contributed by atoms with Gasteiger partial charge in [-0.1, -0.05) is 6.92 Å². The minimum Gasteiger partial charge on any atom is -0.471 e. The number of aromatic nitrogens is 2. The quantitative estimate of drug-likeness (QED) is 0.719. The molecule has 0 saturated carbocycles. The maximum Gasteiger partial charge on any atom is 0.272 e. The molecular formula is C19H22F2N4O3. The molecule has 9 heteroatoms. The number of hydrogen-bond donors (Lipinski definition) is 2. The fourth-order valence-electron chi connectivity index (χ4n) is 2.36. The van der Waals surface area contributed by atoms with Crippen molar-refractivity contribution in [2.24, 2.45) is 0 Å². The van der Waals surface area contributed by atoms with E-state index >= 15 is 0 Å². The molecule has 0 fully saturated rings. The Morgan fingerprint density at radius 3 is 2.64 bits per heavy atom. The molecule has 0 spiro atoms. The van der Waals surface area contributed by atoms with Crippen LogP contribution in [0.4, 0.5) is 14.6 Å². The smallest absolute Gasteiger partial charge is 0.272 e. The highest BCUT2D eigenvalue weighted by molar-refractivity contribution is 5.94. The lowest BCUT2D eigenvalue weighted by Crippen LogP contribution is -2.27. The molecule has 0 saturated heterocycles. The highest BCUT2D eigenvalue weighted by atomic mass is 19.3. The third kappa shape index (κ3) is 5.97. The van der Waals surface area contributed by atoms with Crippen molar-refractivity contribution in [3.63, 3.8) is 0 Å². The number of nitrogens with one attached hydrogen (secondary N) is 2. The van der Waals surface area contributed by atoms with E-state index < -0.39 is 13.0 Å². The Balaban J connectivity index is 2.05. The summed E-state index contributed by atoms with van der Waals surface area (Å²) in [5.74, 6) is -0.0599. The first kappa shape index (κ1) is 21.2. The Morgan fingerprint density at radius 2 is 2.00 bits per heavy atom.